The third kappa shape index (κ3) is 3.83. The van der Waals surface area contributed by atoms with Crippen molar-refractivity contribution in [3.63, 3.8) is 0 Å². The first-order chi connectivity index (χ1) is 11.1. The molecule has 0 aromatic heterocycles. The molecule has 4 heteroatoms. The van der Waals surface area contributed by atoms with Crippen LogP contribution >= 0.6 is 0 Å². The van der Waals surface area contributed by atoms with E-state index in [0.29, 0.717) is 0 Å². The maximum Gasteiger partial charge on any atom is -1.00 e. The molecule has 4 rings (SSSR count). The number of aryl methyl sites for hydroxylation is 1. The first-order valence-electron chi connectivity index (χ1n) is 8.52. The number of halogens is 2. The molecule has 0 fully saturated rings. The molecule has 2 aromatic carbocycles. The number of hydrogen-bond acceptors (Lipinski definition) is 0. The number of benzene rings is 2. The molecule has 0 heterocycles. The summed E-state index contributed by atoms with van der Waals surface area (Å²) in [6.07, 6.45) is 9.17. The van der Waals surface area contributed by atoms with Gasteiger partial charge in [-0.3, -0.25) is 0 Å². The summed E-state index contributed by atoms with van der Waals surface area (Å²) in [5, 5.41) is 0. The topological polar surface area (TPSA) is 0 Å². The summed E-state index contributed by atoms with van der Waals surface area (Å²) >= 11 is -0.449. The molecule has 0 bridgehead atoms. The van der Waals surface area contributed by atoms with Gasteiger partial charge in [-0.1, -0.05) is 0 Å². The molecule has 2 aliphatic carbocycles. The van der Waals surface area contributed by atoms with E-state index in [-0.39, 0.29) is 24.8 Å². The van der Waals surface area contributed by atoms with Gasteiger partial charge in [0.25, 0.3) is 0 Å². The second kappa shape index (κ2) is 8.53. The van der Waals surface area contributed by atoms with Crippen LogP contribution in [-0.4, -0.2) is 5.92 Å². The van der Waals surface area contributed by atoms with E-state index in [0.717, 1.165) is 12.8 Å². The van der Waals surface area contributed by atoms with Gasteiger partial charge in [0.1, 0.15) is 0 Å². The van der Waals surface area contributed by atoms with Gasteiger partial charge in [-0.2, -0.15) is 0 Å². The van der Waals surface area contributed by atoms with Crippen molar-refractivity contribution < 1.29 is 47.2 Å². The molecule has 25 heavy (non-hydrogen) atoms. The third-order valence-corrected chi connectivity index (χ3v) is 13.4. The molecule has 0 atom stereocenters. The van der Waals surface area contributed by atoms with Gasteiger partial charge in [0.05, 0.1) is 0 Å². The molecule has 0 amide bonds. The van der Waals surface area contributed by atoms with Crippen LogP contribution in [0, 0.1) is 6.92 Å². The summed E-state index contributed by atoms with van der Waals surface area (Å²) in [5.74, 6) is -0.499. The number of fused-ring (bicyclic) bond motifs is 3. The fourth-order valence-corrected chi connectivity index (χ4v) is 12.8. The molecule has 2 aromatic rings. The van der Waals surface area contributed by atoms with Gasteiger partial charge >= 0.3 is 152 Å². The van der Waals surface area contributed by atoms with E-state index < -0.39 is 28.3 Å². The van der Waals surface area contributed by atoms with E-state index in [1.165, 1.54) is 16.7 Å². The van der Waals surface area contributed by atoms with Gasteiger partial charge < -0.3 is 24.8 Å². The molecule has 0 radical (unpaired) electrons. The maximum absolute atomic E-state index is 2.55. The van der Waals surface area contributed by atoms with Gasteiger partial charge in [0.15, 0.2) is 0 Å². The Morgan fingerprint density at radius 2 is 1.80 bits per heavy atom. The first-order valence-corrected chi connectivity index (χ1v) is 16.9. The largest absolute Gasteiger partial charge is 1.00 e. The van der Waals surface area contributed by atoms with Gasteiger partial charge in [-0.05, 0) is 0 Å². The van der Waals surface area contributed by atoms with E-state index in [1.54, 1.807) is 22.3 Å². The smallest absolute Gasteiger partial charge is 1.00 e. The van der Waals surface area contributed by atoms with E-state index in [2.05, 4.69) is 68.6 Å². The zero-order valence-corrected chi connectivity index (χ0v) is 20.0. The van der Waals surface area contributed by atoms with Crippen LogP contribution in [0.2, 0.25) is 13.1 Å². The molecule has 0 unspecified atom stereocenters. The summed E-state index contributed by atoms with van der Waals surface area (Å²) < 4.78 is 1.83. The molecule has 0 spiro atoms. The van der Waals surface area contributed by atoms with Crippen LogP contribution in [0.5, 0.6) is 0 Å². The van der Waals surface area contributed by atoms with Crippen molar-refractivity contribution in [1.29, 1.82) is 0 Å². The Hall–Kier alpha value is -0.400. The zero-order chi connectivity index (χ0) is 16.0. The average molecular weight is 465 g/mol. The van der Waals surface area contributed by atoms with Gasteiger partial charge in [-0.25, -0.2) is 0 Å². The summed E-state index contributed by atoms with van der Waals surface area (Å²) in [6, 6.07) is 11.5. The number of rotatable bonds is 3. The minimum Gasteiger partial charge on any atom is -1.00 e. The predicted molar refractivity (Wildman–Crippen MR) is 99.7 cm³/mol. The molecular weight excluding hydrogens is 442 g/mol. The Balaban J connectivity index is 0.00000113. The van der Waals surface area contributed by atoms with Gasteiger partial charge in [0, 0.05) is 0 Å². The molecule has 0 saturated heterocycles. The second-order valence-corrected chi connectivity index (χ2v) is 21.4. The van der Waals surface area contributed by atoms with Crippen molar-refractivity contribution in [2.75, 3.05) is 0 Å². The van der Waals surface area contributed by atoms with Crippen LogP contribution in [0.15, 0.2) is 48.6 Å². The van der Waals surface area contributed by atoms with Crippen LogP contribution in [0.1, 0.15) is 28.7 Å². The van der Waals surface area contributed by atoms with E-state index in [4.69, 9.17) is 0 Å². The zero-order valence-electron chi connectivity index (χ0n) is 14.9. The van der Waals surface area contributed by atoms with E-state index in [9.17, 15) is 0 Å². The molecule has 0 saturated carbocycles. The molecule has 0 N–H and O–H groups in total. The maximum atomic E-state index is 2.55. The van der Waals surface area contributed by atoms with Crippen molar-refractivity contribution >= 4 is 14.8 Å². The van der Waals surface area contributed by atoms with Crippen LogP contribution in [0.25, 0.3) is 16.7 Å². The molecule has 0 aliphatic heterocycles. The van der Waals surface area contributed by atoms with Crippen LogP contribution in [0.4, 0.5) is 0 Å². The number of allylic oxidation sites excluding steroid dienone is 4. The van der Waals surface area contributed by atoms with Crippen LogP contribution in [0.3, 0.4) is 0 Å². The Bertz CT molecular complexity index is 853. The Morgan fingerprint density at radius 3 is 2.48 bits per heavy atom. The molecule has 0 nitrogen and oxygen atoms in total. The fourth-order valence-electron chi connectivity index (χ4n) is 3.90. The average Bonchev–Trinajstić information content (AvgIpc) is 3.14. The summed E-state index contributed by atoms with van der Waals surface area (Å²) in [7, 11) is 0. The fraction of sp³-hybridized carbons (Fsp3) is 0.238. The van der Waals surface area contributed by atoms with Crippen LogP contribution < -0.4 is 28.1 Å². The SMILES string of the molecule is Cc1cc2c([c]([Zr+2][SiH](C)C)c1C1=CC=CC1)Cc1ccccc1-2.[Cl-].[Cl-]. The second-order valence-electron chi connectivity index (χ2n) is 6.93. The van der Waals surface area contributed by atoms with Gasteiger partial charge in [-0.15, -0.1) is 0 Å². The molecular formula is C21H22Cl2SiZr. The Labute approximate surface area is 175 Å². The Morgan fingerprint density at radius 1 is 1.04 bits per heavy atom. The summed E-state index contributed by atoms with van der Waals surface area (Å²) in [4.78, 5) is 0. The van der Waals surface area contributed by atoms with Crippen molar-refractivity contribution in [2.24, 2.45) is 0 Å². The summed E-state index contributed by atoms with van der Waals surface area (Å²) in [5.41, 5.74) is 10.9. The van der Waals surface area contributed by atoms with E-state index in [1.807, 2.05) is 3.27 Å². The quantitative estimate of drug-likeness (QED) is 0.419. The normalized spacial score (nSPS) is 13.5. The van der Waals surface area contributed by atoms with E-state index >= 15 is 0 Å². The Kier molecular flexibility index (Phi) is 7.13. The van der Waals surface area contributed by atoms with Crippen molar-refractivity contribution in [1.82, 2.24) is 0 Å². The van der Waals surface area contributed by atoms with Crippen LogP contribution in [-0.2, 0) is 28.8 Å². The monoisotopic (exact) mass is 462 g/mol. The predicted octanol–water partition coefficient (Wildman–Crippen LogP) is -1.39. The molecule has 2 aliphatic rings. The first kappa shape index (κ1) is 20.9. The minimum absolute atomic E-state index is 0. The standard InChI is InChI=1S/C19H15.C2H7Si.2ClH.Zr/c1-13-10-19-16(11-15-8-4-5-9-17(15)19)12-18(13)14-6-2-3-7-14;1-3-2;;;/h2-6,8-10H,7,11H2,1H3;3H,1-2H3;2*1H;/q;;;;+2/p-2. The van der Waals surface area contributed by atoms with Crippen molar-refractivity contribution in [2.45, 2.75) is 32.9 Å². The number of hydrogen-bond donors (Lipinski definition) is 0. The van der Waals surface area contributed by atoms with Gasteiger partial charge in [0.2, 0.25) is 0 Å². The molecule has 128 valence electrons. The minimum atomic E-state index is -0.499. The van der Waals surface area contributed by atoms with Crippen molar-refractivity contribution in [3.8, 4) is 11.1 Å². The summed E-state index contributed by atoms with van der Waals surface area (Å²) in [6.45, 7) is 7.43. The van der Waals surface area contributed by atoms with Crippen molar-refractivity contribution in [3.05, 3.63) is 70.8 Å². The third-order valence-electron chi connectivity index (χ3n) is 4.83.